The van der Waals surface area contributed by atoms with Gasteiger partial charge in [-0.3, -0.25) is 9.59 Å². The Morgan fingerprint density at radius 3 is 2.73 bits per heavy atom. The molecule has 8 rings (SSSR count). The summed E-state index contributed by atoms with van der Waals surface area (Å²) in [6, 6.07) is 5.66. The zero-order valence-corrected chi connectivity index (χ0v) is 24.8. The number of hydrogen-bond donors (Lipinski definition) is 2. The average molecular weight is 624 g/mol. The molecule has 6 heterocycles. The highest BCUT2D eigenvalue weighted by atomic mass is 32.1. The van der Waals surface area contributed by atoms with E-state index in [-0.39, 0.29) is 29.1 Å². The van der Waals surface area contributed by atoms with Gasteiger partial charge >= 0.3 is 0 Å². The number of fused-ring (bicyclic) bond motifs is 1. The molecule has 0 radical (unpaired) electrons. The molecule has 0 unspecified atom stereocenters. The first-order valence-corrected chi connectivity index (χ1v) is 15.7. The number of carbonyl (C=O) groups is 2. The van der Waals surface area contributed by atoms with Crippen molar-refractivity contribution in [2.24, 2.45) is 11.3 Å². The van der Waals surface area contributed by atoms with Crippen molar-refractivity contribution in [3.63, 3.8) is 0 Å². The number of anilines is 2. The van der Waals surface area contributed by atoms with Crippen molar-refractivity contribution in [3.8, 4) is 10.7 Å². The Morgan fingerprint density at radius 2 is 2.00 bits per heavy atom. The molecule has 4 aromatic rings. The monoisotopic (exact) mass is 623 g/mol. The Hall–Kier alpha value is -3.91. The maximum Gasteiger partial charge on any atom is 0.259 e. The fourth-order valence-electron chi connectivity index (χ4n) is 7.10. The lowest BCUT2D eigenvalue weighted by atomic mass is 9.54. The number of amides is 2. The number of nitrogens with zero attached hydrogens (tertiary/aromatic N) is 6. The van der Waals surface area contributed by atoms with E-state index in [1.807, 2.05) is 30.0 Å². The summed E-state index contributed by atoms with van der Waals surface area (Å²) in [5, 5.41) is 21.9. The van der Waals surface area contributed by atoms with E-state index in [1.165, 1.54) is 17.5 Å². The van der Waals surface area contributed by atoms with Gasteiger partial charge in [0.05, 0.1) is 39.4 Å². The van der Waals surface area contributed by atoms with Gasteiger partial charge in [0.15, 0.2) is 0 Å². The van der Waals surface area contributed by atoms with E-state index in [4.69, 9.17) is 4.52 Å². The van der Waals surface area contributed by atoms with E-state index in [1.54, 1.807) is 10.7 Å². The van der Waals surface area contributed by atoms with Gasteiger partial charge in [-0.15, -0.1) is 11.3 Å². The summed E-state index contributed by atoms with van der Waals surface area (Å²) in [5.74, 6) is 1.14. The third-order valence-electron chi connectivity index (χ3n) is 9.41. The first kappa shape index (κ1) is 27.6. The number of hydrogen-bond acceptors (Lipinski definition) is 9. The molecule has 4 aliphatic rings. The highest BCUT2D eigenvalue weighted by Gasteiger charge is 2.60. The molecule has 14 heteroatoms. The second-order valence-corrected chi connectivity index (χ2v) is 14.3. The fraction of sp³-hybridized carbons (Fsp3) is 0.500. The number of aromatic nitrogens is 4. The molecule has 2 N–H and O–H groups in total. The Labute approximate surface area is 254 Å². The van der Waals surface area contributed by atoms with Gasteiger partial charge in [-0.2, -0.15) is 10.1 Å². The number of aryl methyl sites for hydroxylation is 1. The number of thiophene rings is 1. The lowest BCUT2D eigenvalue weighted by Gasteiger charge is -2.63. The van der Waals surface area contributed by atoms with Gasteiger partial charge in [-0.1, -0.05) is 5.16 Å². The molecule has 0 aromatic carbocycles. The van der Waals surface area contributed by atoms with E-state index in [2.05, 4.69) is 25.5 Å². The maximum atomic E-state index is 13.4. The molecule has 0 bridgehead atoms. The summed E-state index contributed by atoms with van der Waals surface area (Å²) >= 11 is 1.45. The Kier molecular flexibility index (Phi) is 6.15. The van der Waals surface area contributed by atoms with Gasteiger partial charge in [-0.25, -0.2) is 13.3 Å². The number of aliphatic hydroxyl groups is 1. The van der Waals surface area contributed by atoms with E-state index < -0.39 is 18.4 Å². The number of nitrogens with one attached hydrogen (secondary N) is 1. The maximum absolute atomic E-state index is 13.4. The molecule has 44 heavy (non-hydrogen) atoms. The largest absolute Gasteiger partial charge is 0.390 e. The number of pyridine rings is 1. The third kappa shape index (κ3) is 4.74. The first-order chi connectivity index (χ1) is 21.1. The van der Waals surface area contributed by atoms with Crippen molar-refractivity contribution >= 4 is 40.0 Å². The summed E-state index contributed by atoms with van der Waals surface area (Å²) in [5.41, 5.74) is 1.23. The summed E-state index contributed by atoms with van der Waals surface area (Å²) in [4.78, 5) is 35.8. The molecule has 0 atom stereocenters. The van der Waals surface area contributed by atoms with Crippen LogP contribution in [0.1, 0.15) is 59.1 Å². The SMILES string of the molecule is Cc1sc(-c2noc(C3CN(C(=O)C4CC4)C3)n2)cc1NC(=O)c1cnn2ccc(N3CC4(C3)CC(O)(CC(F)F)C4)cc12. The van der Waals surface area contributed by atoms with Crippen molar-refractivity contribution in [1.29, 1.82) is 0 Å². The highest BCUT2D eigenvalue weighted by molar-refractivity contribution is 7.16. The molecule has 2 amide bonds. The lowest BCUT2D eigenvalue weighted by molar-refractivity contribution is -0.161. The standard InChI is InChI=1S/C30H31F2N7O4S/c1-16-21(7-23(44-16)25-35-27(43-36-25)18-10-37(11-18)28(41)17-2-3-17)34-26(40)20-9-33-39-5-4-19(6-22(20)39)38-14-29(15-38)12-30(42,13-29)8-24(31)32/h4-7,9,17-18,24,42H,2-3,8,10-15H2,1H3,(H,34,40). The predicted octanol–water partition coefficient (Wildman–Crippen LogP) is 4.33. The quantitative estimate of drug-likeness (QED) is 0.297. The minimum atomic E-state index is -2.51. The molecule has 2 saturated heterocycles. The van der Waals surface area contributed by atoms with E-state index >= 15 is 0 Å². The van der Waals surface area contributed by atoms with Crippen LogP contribution in [-0.4, -0.2) is 79.8 Å². The number of alkyl halides is 2. The summed E-state index contributed by atoms with van der Waals surface area (Å²) < 4.78 is 32.7. The summed E-state index contributed by atoms with van der Waals surface area (Å²) in [6.07, 6.45) is 3.10. The topological polar surface area (TPSA) is 129 Å². The van der Waals surface area contributed by atoms with Crippen LogP contribution in [0.15, 0.2) is 35.1 Å². The van der Waals surface area contributed by atoms with Crippen LogP contribution in [0.25, 0.3) is 16.2 Å². The van der Waals surface area contributed by atoms with Crippen molar-refractivity contribution in [2.75, 3.05) is 36.4 Å². The van der Waals surface area contributed by atoms with Gasteiger partial charge in [-0.05, 0) is 50.8 Å². The van der Waals surface area contributed by atoms with Crippen LogP contribution < -0.4 is 10.2 Å². The molecule has 230 valence electrons. The van der Waals surface area contributed by atoms with Crippen molar-refractivity contribution in [2.45, 2.75) is 57.0 Å². The Bertz CT molecular complexity index is 1780. The van der Waals surface area contributed by atoms with Gasteiger partial charge < -0.3 is 24.7 Å². The zero-order chi connectivity index (χ0) is 30.4. The van der Waals surface area contributed by atoms with Crippen molar-refractivity contribution in [1.82, 2.24) is 24.7 Å². The second kappa shape index (κ2) is 9.80. The van der Waals surface area contributed by atoms with Gasteiger partial charge in [0, 0.05) is 60.7 Å². The van der Waals surface area contributed by atoms with Gasteiger partial charge in [0.1, 0.15) is 0 Å². The van der Waals surface area contributed by atoms with Crippen LogP contribution in [0.3, 0.4) is 0 Å². The van der Waals surface area contributed by atoms with Crippen LogP contribution in [-0.2, 0) is 4.79 Å². The average Bonchev–Trinajstić information content (AvgIpc) is 3.33. The molecule has 2 aliphatic carbocycles. The molecular weight excluding hydrogens is 592 g/mol. The van der Waals surface area contributed by atoms with Crippen LogP contribution in [0.4, 0.5) is 20.2 Å². The zero-order valence-electron chi connectivity index (χ0n) is 24.0. The normalized spacial score (nSPS) is 20.6. The minimum Gasteiger partial charge on any atom is -0.390 e. The van der Waals surface area contributed by atoms with Crippen LogP contribution in [0.5, 0.6) is 0 Å². The molecule has 2 saturated carbocycles. The fourth-order valence-corrected chi connectivity index (χ4v) is 8.00. The lowest BCUT2D eigenvalue weighted by Crippen LogP contribution is -2.68. The van der Waals surface area contributed by atoms with Gasteiger partial charge in [0.2, 0.25) is 24.0 Å². The van der Waals surface area contributed by atoms with E-state index in [0.717, 1.165) is 28.3 Å². The molecule has 2 aliphatic heterocycles. The second-order valence-electron chi connectivity index (χ2n) is 13.0. The molecule has 11 nitrogen and oxygen atoms in total. The van der Waals surface area contributed by atoms with E-state index in [9.17, 15) is 23.5 Å². The van der Waals surface area contributed by atoms with Crippen LogP contribution >= 0.6 is 11.3 Å². The number of carbonyl (C=O) groups excluding carboxylic acids is 2. The molecule has 4 aromatic heterocycles. The summed E-state index contributed by atoms with van der Waals surface area (Å²) in [6.45, 7) is 4.47. The molecule has 1 spiro atoms. The Morgan fingerprint density at radius 1 is 1.23 bits per heavy atom. The van der Waals surface area contributed by atoms with Crippen LogP contribution in [0.2, 0.25) is 0 Å². The van der Waals surface area contributed by atoms with Gasteiger partial charge in [0.25, 0.3) is 5.91 Å². The van der Waals surface area contributed by atoms with Crippen molar-refractivity contribution < 1.29 is 28.0 Å². The van der Waals surface area contributed by atoms with Crippen LogP contribution in [0, 0.1) is 18.3 Å². The molecular formula is C30H31F2N7O4S. The number of halogens is 2. The smallest absolute Gasteiger partial charge is 0.259 e. The first-order valence-electron chi connectivity index (χ1n) is 14.8. The van der Waals surface area contributed by atoms with E-state index in [0.29, 0.717) is 67.5 Å². The number of likely N-dealkylation sites (tertiary alicyclic amines) is 1. The highest BCUT2D eigenvalue weighted by Crippen LogP contribution is 2.56. The summed E-state index contributed by atoms with van der Waals surface area (Å²) in [7, 11) is 0. The number of rotatable bonds is 8. The third-order valence-corrected chi connectivity index (χ3v) is 10.5. The van der Waals surface area contributed by atoms with Crippen molar-refractivity contribution in [3.05, 3.63) is 46.9 Å². The molecule has 4 fully saturated rings. The minimum absolute atomic E-state index is 0.0453. The Balaban J connectivity index is 0.923. The predicted molar refractivity (Wildman–Crippen MR) is 157 cm³/mol.